The van der Waals surface area contributed by atoms with Gasteiger partial charge in [0.1, 0.15) is 0 Å². The summed E-state index contributed by atoms with van der Waals surface area (Å²) in [5.41, 5.74) is 5.49. The van der Waals surface area contributed by atoms with E-state index in [1.165, 1.54) is 24.7 Å². The first-order valence-electron chi connectivity index (χ1n) is 12.8. The second-order valence-electron chi connectivity index (χ2n) is 8.90. The van der Waals surface area contributed by atoms with E-state index in [9.17, 15) is 22.0 Å². The smallest absolute Gasteiger partial charge is 0.248 e. The van der Waals surface area contributed by atoms with Gasteiger partial charge in [-0.3, -0.25) is 21.0 Å². The van der Waals surface area contributed by atoms with Crippen molar-refractivity contribution in [1.29, 1.82) is 0 Å². The summed E-state index contributed by atoms with van der Waals surface area (Å²) in [7, 11) is 5.40. The van der Waals surface area contributed by atoms with Gasteiger partial charge in [0.15, 0.2) is 23.3 Å². The Hall–Kier alpha value is -4.49. The molecule has 0 aliphatic rings. The van der Waals surface area contributed by atoms with Gasteiger partial charge in [0, 0.05) is 107 Å². The monoisotopic (exact) mass is 733 g/mol. The van der Waals surface area contributed by atoms with Crippen LogP contribution in [0.1, 0.15) is 5.56 Å². The number of hydrazine groups is 2. The van der Waals surface area contributed by atoms with Crippen molar-refractivity contribution in [3.63, 3.8) is 0 Å². The molecule has 0 aromatic carbocycles. The standard InChI is InChI=1S/C9H7F2N3.C9H10FN5.C6H5F2N.C4H5N2.H4N2.Y/c1-14-5-7(4-13-14)6-2-8(10)9(11)12-3-6;1-15-5-7(4-13-15)6-2-8(10)9(14-11)12-3-6;1-4-2-5(7)6(8)9-3-4;1-6-4-2-3-5-6;1-2;/h2-5H,1H3;2-5H,11H2,1H3,(H,12,14);2-3H,1H3;3-4H,1H3;1-2H2;/q;;;-1;;. The van der Waals surface area contributed by atoms with Crippen molar-refractivity contribution in [2.75, 3.05) is 5.43 Å². The molecule has 1 radical (unpaired) electrons. The number of pyridine rings is 3. The van der Waals surface area contributed by atoms with Crippen molar-refractivity contribution < 1.29 is 54.7 Å². The average Bonchev–Trinajstić information content (AvgIpc) is 3.81. The molecule has 6 aromatic rings. The Bertz CT molecular complexity index is 1780. The van der Waals surface area contributed by atoms with E-state index in [2.05, 4.69) is 53.4 Å². The molecule has 0 aliphatic heterocycles. The molecular formula is C28H31F5N13Y-. The second-order valence-corrected chi connectivity index (χ2v) is 8.90. The van der Waals surface area contributed by atoms with Crippen LogP contribution >= 0.6 is 0 Å². The fourth-order valence-corrected chi connectivity index (χ4v) is 3.24. The zero-order valence-corrected chi connectivity index (χ0v) is 28.5. The molecule has 6 heterocycles. The molecule has 0 spiro atoms. The van der Waals surface area contributed by atoms with Gasteiger partial charge in [-0.15, -0.1) is 6.20 Å². The molecule has 0 saturated heterocycles. The van der Waals surface area contributed by atoms with Crippen LogP contribution in [0, 0.1) is 42.3 Å². The van der Waals surface area contributed by atoms with Crippen molar-refractivity contribution >= 4 is 5.82 Å². The Morgan fingerprint density at radius 1 is 0.638 bits per heavy atom. The third-order valence-corrected chi connectivity index (χ3v) is 5.36. The Kier molecular flexibility index (Phi) is 17.8. The van der Waals surface area contributed by atoms with Crippen LogP contribution in [0.4, 0.5) is 27.8 Å². The number of nitrogens with zero attached hydrogens (tertiary/aromatic N) is 9. The fourth-order valence-electron chi connectivity index (χ4n) is 3.24. The molecule has 0 bridgehead atoms. The molecule has 247 valence electrons. The predicted octanol–water partition coefficient (Wildman–Crippen LogP) is 3.37. The van der Waals surface area contributed by atoms with Crippen molar-refractivity contribution in [1.82, 2.24) is 44.3 Å². The van der Waals surface area contributed by atoms with Gasteiger partial charge >= 0.3 is 0 Å². The van der Waals surface area contributed by atoms with E-state index < -0.39 is 29.3 Å². The van der Waals surface area contributed by atoms with Gasteiger partial charge in [-0.1, -0.05) is 0 Å². The minimum absolute atomic E-state index is 0. The van der Waals surface area contributed by atoms with Crippen LogP contribution in [0.5, 0.6) is 0 Å². The number of nitrogens with two attached hydrogens (primary N) is 3. The van der Waals surface area contributed by atoms with E-state index in [4.69, 9.17) is 5.84 Å². The maximum absolute atomic E-state index is 13.3. The summed E-state index contributed by atoms with van der Waals surface area (Å²) >= 11 is 0. The SMILES string of the molecule is Cc1cnc(F)c(F)c1.Cn1c[c-]cn1.Cn1cc(-c2cnc(F)c(F)c2)cn1.Cn1cc(-c2cnc(NN)c(F)c2)cn1.NN.[Y]. The van der Waals surface area contributed by atoms with Crippen LogP contribution in [0.15, 0.2) is 74.0 Å². The first-order valence-corrected chi connectivity index (χ1v) is 12.8. The van der Waals surface area contributed by atoms with Gasteiger partial charge in [-0.2, -0.15) is 25.2 Å². The van der Waals surface area contributed by atoms with Gasteiger partial charge in [-0.05, 0) is 30.7 Å². The van der Waals surface area contributed by atoms with Crippen LogP contribution < -0.4 is 23.0 Å². The topological polar surface area (TPSA) is 182 Å². The fraction of sp³-hybridized carbons (Fsp3) is 0.143. The van der Waals surface area contributed by atoms with E-state index in [1.54, 1.807) is 72.2 Å². The van der Waals surface area contributed by atoms with Crippen molar-refractivity contribution in [2.45, 2.75) is 6.92 Å². The quantitative estimate of drug-likeness (QED) is 0.0692. The number of rotatable bonds is 3. The Morgan fingerprint density at radius 3 is 1.47 bits per heavy atom. The summed E-state index contributed by atoms with van der Waals surface area (Å²) in [6, 6.07) is 6.34. The molecule has 0 fully saturated rings. The molecule has 6 aromatic heterocycles. The summed E-state index contributed by atoms with van der Waals surface area (Å²) in [4.78, 5) is 10.3. The number of hydrogen-bond acceptors (Lipinski definition) is 10. The van der Waals surface area contributed by atoms with Crippen LogP contribution in [-0.2, 0) is 53.9 Å². The van der Waals surface area contributed by atoms with Gasteiger partial charge in [0.05, 0.1) is 12.4 Å². The molecule has 13 nitrogen and oxygen atoms in total. The van der Waals surface area contributed by atoms with E-state index >= 15 is 0 Å². The molecule has 7 N–H and O–H groups in total. The van der Waals surface area contributed by atoms with Gasteiger partial charge in [0.25, 0.3) is 0 Å². The van der Waals surface area contributed by atoms with E-state index in [1.807, 2.05) is 7.05 Å². The molecule has 47 heavy (non-hydrogen) atoms. The van der Waals surface area contributed by atoms with E-state index in [0.29, 0.717) is 22.3 Å². The first kappa shape index (κ1) is 40.5. The molecule has 0 amide bonds. The van der Waals surface area contributed by atoms with Crippen LogP contribution in [-0.4, -0.2) is 44.3 Å². The summed E-state index contributed by atoms with van der Waals surface area (Å²) in [5, 5.41) is 11.7. The molecule has 0 saturated carbocycles. The third kappa shape index (κ3) is 13.4. The number of aromatic nitrogens is 9. The van der Waals surface area contributed by atoms with Gasteiger partial charge in [-0.25, -0.2) is 39.1 Å². The minimum Gasteiger partial charge on any atom is -0.432 e. The average molecular weight is 734 g/mol. The summed E-state index contributed by atoms with van der Waals surface area (Å²) in [6.07, 6.45) is 14.2. The zero-order valence-electron chi connectivity index (χ0n) is 25.7. The predicted molar refractivity (Wildman–Crippen MR) is 160 cm³/mol. The molecule has 0 atom stereocenters. The minimum atomic E-state index is -1.09. The van der Waals surface area contributed by atoms with Gasteiger partial charge < -0.3 is 16.2 Å². The number of anilines is 1. The maximum Gasteiger partial charge on any atom is 0.248 e. The van der Waals surface area contributed by atoms with E-state index in [0.717, 1.165) is 17.7 Å². The molecule has 0 aliphatic carbocycles. The van der Waals surface area contributed by atoms with E-state index in [-0.39, 0.29) is 38.5 Å². The van der Waals surface area contributed by atoms with Gasteiger partial charge in [0.2, 0.25) is 11.9 Å². The number of nitrogen functional groups attached to an aromatic ring is 1. The Balaban J connectivity index is 0.000000320. The molecule has 19 heteroatoms. The summed E-state index contributed by atoms with van der Waals surface area (Å²) < 4.78 is 67.7. The molecular weight excluding hydrogens is 702 g/mol. The summed E-state index contributed by atoms with van der Waals surface area (Å²) in [5.74, 6) is 8.65. The van der Waals surface area contributed by atoms with Crippen LogP contribution in [0.3, 0.4) is 0 Å². The van der Waals surface area contributed by atoms with Crippen LogP contribution in [0.2, 0.25) is 0 Å². The first-order chi connectivity index (χ1) is 22.0. The van der Waals surface area contributed by atoms with Crippen molar-refractivity contribution in [3.8, 4) is 22.3 Å². The van der Waals surface area contributed by atoms with Crippen molar-refractivity contribution in [2.24, 2.45) is 38.7 Å². The summed E-state index contributed by atoms with van der Waals surface area (Å²) in [6.45, 7) is 1.65. The molecule has 6 rings (SSSR count). The number of hydrogen-bond donors (Lipinski definition) is 4. The molecule has 0 unspecified atom stereocenters. The van der Waals surface area contributed by atoms with Crippen LogP contribution in [0.25, 0.3) is 22.3 Å². The zero-order chi connectivity index (χ0) is 34.2. The number of nitrogens with one attached hydrogen (secondary N) is 1. The Morgan fingerprint density at radius 2 is 1.13 bits per heavy atom. The Labute approximate surface area is 291 Å². The maximum atomic E-state index is 13.3. The van der Waals surface area contributed by atoms with Crippen molar-refractivity contribution in [3.05, 3.63) is 115 Å². The third-order valence-electron chi connectivity index (χ3n) is 5.36. The largest absolute Gasteiger partial charge is 0.432 e. The normalized spacial score (nSPS) is 9.53. The second kappa shape index (κ2) is 20.6. The number of aryl methyl sites for hydroxylation is 4. The number of halogens is 5.